The topological polar surface area (TPSA) is 85.1 Å². The Hall–Kier alpha value is -3.22. The van der Waals surface area contributed by atoms with Crippen LogP contribution in [0.1, 0.15) is 17.3 Å². The van der Waals surface area contributed by atoms with Crippen LogP contribution in [0.4, 0.5) is 5.69 Å². The largest absolute Gasteiger partial charge is 0.485 e. The lowest BCUT2D eigenvalue weighted by Crippen LogP contribution is -2.46. The first-order valence-electron chi connectivity index (χ1n) is 9.25. The molecule has 1 atom stereocenters. The number of nitrogens with two attached hydrogens (primary N) is 1. The Morgan fingerprint density at radius 2 is 1.93 bits per heavy atom. The maximum atomic E-state index is 12.7. The fourth-order valence-corrected chi connectivity index (χ4v) is 3.23. The number of amides is 2. The van der Waals surface area contributed by atoms with Gasteiger partial charge in [-0.3, -0.25) is 9.59 Å². The molecule has 0 spiro atoms. The van der Waals surface area contributed by atoms with Gasteiger partial charge in [-0.1, -0.05) is 12.1 Å². The Morgan fingerprint density at radius 3 is 2.61 bits per heavy atom. The van der Waals surface area contributed by atoms with Crippen LogP contribution in [0.5, 0.6) is 11.5 Å². The Morgan fingerprint density at radius 1 is 1.21 bits per heavy atom. The van der Waals surface area contributed by atoms with Crippen molar-refractivity contribution in [3.8, 4) is 11.5 Å². The average molecular weight is 383 g/mol. The van der Waals surface area contributed by atoms with Crippen molar-refractivity contribution in [1.29, 1.82) is 0 Å². The third kappa shape index (κ3) is 4.54. The number of hydrogen-bond acceptors (Lipinski definition) is 5. The monoisotopic (exact) mass is 383 g/mol. The smallest absolute Gasteiger partial charge is 0.255 e. The van der Waals surface area contributed by atoms with Gasteiger partial charge in [0, 0.05) is 19.2 Å². The molecule has 7 nitrogen and oxygen atoms in total. The van der Waals surface area contributed by atoms with E-state index in [1.165, 1.54) is 0 Å². The van der Waals surface area contributed by atoms with Crippen molar-refractivity contribution in [2.45, 2.75) is 13.0 Å². The average Bonchev–Trinajstić information content (AvgIpc) is 2.71. The van der Waals surface area contributed by atoms with Gasteiger partial charge < -0.3 is 25.0 Å². The zero-order valence-electron chi connectivity index (χ0n) is 16.1. The molecule has 2 amide bonds. The predicted octanol–water partition coefficient (Wildman–Crippen LogP) is 1.91. The number of para-hydroxylation sites is 2. The Kier molecular flexibility index (Phi) is 6.03. The molecule has 1 aliphatic heterocycles. The van der Waals surface area contributed by atoms with Crippen molar-refractivity contribution in [2.75, 3.05) is 38.2 Å². The van der Waals surface area contributed by atoms with Gasteiger partial charge >= 0.3 is 0 Å². The molecule has 0 unspecified atom stereocenters. The molecule has 1 aliphatic rings. The zero-order chi connectivity index (χ0) is 20.1. The van der Waals surface area contributed by atoms with Gasteiger partial charge in [-0.2, -0.15) is 0 Å². The molecule has 0 aliphatic carbocycles. The minimum Gasteiger partial charge on any atom is -0.485 e. The second-order valence-electron chi connectivity index (χ2n) is 6.71. The van der Waals surface area contributed by atoms with Crippen LogP contribution in [-0.2, 0) is 4.79 Å². The number of benzene rings is 2. The summed E-state index contributed by atoms with van der Waals surface area (Å²) in [7, 11) is 1.76. The summed E-state index contributed by atoms with van der Waals surface area (Å²) < 4.78 is 11.3. The maximum Gasteiger partial charge on any atom is 0.255 e. The van der Waals surface area contributed by atoms with Crippen molar-refractivity contribution >= 4 is 17.5 Å². The Balaban J connectivity index is 1.62. The van der Waals surface area contributed by atoms with E-state index in [4.69, 9.17) is 15.2 Å². The van der Waals surface area contributed by atoms with E-state index in [1.807, 2.05) is 24.3 Å². The van der Waals surface area contributed by atoms with Gasteiger partial charge in [0.1, 0.15) is 17.6 Å². The van der Waals surface area contributed by atoms with Crippen LogP contribution < -0.4 is 20.1 Å². The van der Waals surface area contributed by atoms with Gasteiger partial charge in [0.2, 0.25) is 0 Å². The molecule has 2 N–H and O–H groups in total. The molecule has 2 aromatic rings. The number of anilines is 1. The molecule has 3 rings (SSSR count). The molecule has 0 saturated carbocycles. The van der Waals surface area contributed by atoms with E-state index in [0.717, 1.165) is 24.5 Å². The molecule has 0 aromatic heterocycles. The highest BCUT2D eigenvalue weighted by Gasteiger charge is 2.27. The van der Waals surface area contributed by atoms with Gasteiger partial charge in [-0.05, 0) is 43.3 Å². The van der Waals surface area contributed by atoms with Gasteiger partial charge in [0.05, 0.1) is 18.8 Å². The van der Waals surface area contributed by atoms with Gasteiger partial charge in [-0.15, -0.1) is 0 Å². The fourth-order valence-electron chi connectivity index (χ4n) is 3.23. The first kappa shape index (κ1) is 19.5. The van der Waals surface area contributed by atoms with Crippen LogP contribution >= 0.6 is 0 Å². The number of ether oxygens (including phenoxy) is 2. The minimum atomic E-state index is -0.546. The standard InChI is InChI=1S/C21H25N3O4/c1-3-24-13-17(28-19-7-5-4-6-18(19)24)12-23(2)21(26)15-8-10-16(11-9-15)27-14-20(22)25/h4-11,17H,3,12-14H2,1-2H3,(H2,22,25)/t17-/m0/s1. The maximum absolute atomic E-state index is 12.7. The highest BCUT2D eigenvalue weighted by atomic mass is 16.5. The third-order valence-electron chi connectivity index (χ3n) is 4.61. The Bertz CT molecular complexity index is 838. The molecule has 7 heteroatoms. The number of fused-ring (bicyclic) bond motifs is 1. The molecule has 2 aromatic carbocycles. The summed E-state index contributed by atoms with van der Waals surface area (Å²) in [5.74, 6) is 0.684. The van der Waals surface area contributed by atoms with Crippen LogP contribution in [0.15, 0.2) is 48.5 Å². The van der Waals surface area contributed by atoms with Crippen LogP contribution in [0.25, 0.3) is 0 Å². The third-order valence-corrected chi connectivity index (χ3v) is 4.61. The number of nitrogens with zero attached hydrogens (tertiary/aromatic N) is 2. The summed E-state index contributed by atoms with van der Waals surface area (Å²) in [4.78, 5) is 27.4. The fraction of sp³-hybridized carbons (Fsp3) is 0.333. The highest BCUT2D eigenvalue weighted by Crippen LogP contribution is 2.32. The van der Waals surface area contributed by atoms with E-state index in [9.17, 15) is 9.59 Å². The zero-order valence-corrected chi connectivity index (χ0v) is 16.1. The lowest BCUT2D eigenvalue weighted by molar-refractivity contribution is -0.119. The molecular weight excluding hydrogens is 358 g/mol. The van der Waals surface area contributed by atoms with Crippen molar-refractivity contribution in [1.82, 2.24) is 4.90 Å². The van der Waals surface area contributed by atoms with E-state index in [0.29, 0.717) is 17.9 Å². The van der Waals surface area contributed by atoms with Crippen molar-refractivity contribution in [3.63, 3.8) is 0 Å². The quantitative estimate of drug-likeness (QED) is 0.789. The van der Waals surface area contributed by atoms with E-state index >= 15 is 0 Å². The molecule has 0 bridgehead atoms. The number of carbonyl (C=O) groups excluding carboxylic acids is 2. The Labute approximate surface area is 164 Å². The number of primary amides is 1. The van der Waals surface area contributed by atoms with Crippen molar-refractivity contribution in [2.24, 2.45) is 5.73 Å². The molecule has 1 heterocycles. The minimum absolute atomic E-state index is 0.105. The molecule has 0 fully saturated rings. The molecule has 0 saturated heterocycles. The second-order valence-corrected chi connectivity index (χ2v) is 6.71. The lowest BCUT2D eigenvalue weighted by atomic mass is 10.1. The number of carbonyl (C=O) groups is 2. The molecule has 0 radical (unpaired) electrons. The van der Waals surface area contributed by atoms with Crippen LogP contribution in [-0.4, -0.2) is 56.1 Å². The molecular formula is C21H25N3O4. The van der Waals surface area contributed by atoms with Crippen LogP contribution in [0.2, 0.25) is 0 Å². The van der Waals surface area contributed by atoms with Gasteiger partial charge in [0.15, 0.2) is 6.61 Å². The summed E-state index contributed by atoms with van der Waals surface area (Å²) in [6, 6.07) is 14.6. The van der Waals surface area contributed by atoms with Crippen LogP contribution in [0.3, 0.4) is 0 Å². The predicted molar refractivity (Wildman–Crippen MR) is 107 cm³/mol. The second kappa shape index (κ2) is 8.65. The lowest BCUT2D eigenvalue weighted by Gasteiger charge is -2.37. The molecule has 148 valence electrons. The summed E-state index contributed by atoms with van der Waals surface area (Å²) in [6.45, 7) is 3.99. The first-order valence-corrected chi connectivity index (χ1v) is 9.25. The highest BCUT2D eigenvalue weighted by molar-refractivity contribution is 5.94. The van der Waals surface area contributed by atoms with E-state index in [2.05, 4.69) is 11.8 Å². The SMILES string of the molecule is CCN1C[C@H](CN(C)C(=O)c2ccc(OCC(N)=O)cc2)Oc2ccccc21. The molecule has 28 heavy (non-hydrogen) atoms. The van der Waals surface area contributed by atoms with Crippen LogP contribution in [0, 0.1) is 0 Å². The van der Waals surface area contributed by atoms with Crippen molar-refractivity contribution in [3.05, 3.63) is 54.1 Å². The van der Waals surface area contributed by atoms with E-state index in [1.54, 1.807) is 36.2 Å². The summed E-state index contributed by atoms with van der Waals surface area (Å²) >= 11 is 0. The normalized spacial score (nSPS) is 15.4. The summed E-state index contributed by atoms with van der Waals surface area (Å²) in [5, 5.41) is 0. The van der Waals surface area contributed by atoms with Gasteiger partial charge in [-0.25, -0.2) is 0 Å². The van der Waals surface area contributed by atoms with E-state index < -0.39 is 5.91 Å². The summed E-state index contributed by atoms with van der Waals surface area (Å²) in [6.07, 6.45) is -0.109. The number of hydrogen-bond donors (Lipinski definition) is 1. The first-order chi connectivity index (χ1) is 13.5. The van der Waals surface area contributed by atoms with Crippen molar-refractivity contribution < 1.29 is 19.1 Å². The number of rotatable bonds is 7. The van der Waals surface area contributed by atoms with Gasteiger partial charge in [0.25, 0.3) is 11.8 Å². The van der Waals surface area contributed by atoms with E-state index in [-0.39, 0.29) is 18.6 Å². The number of likely N-dealkylation sites (N-methyl/N-ethyl adjacent to an activating group) is 2. The summed E-state index contributed by atoms with van der Waals surface area (Å²) in [5.41, 5.74) is 6.68.